The van der Waals surface area contributed by atoms with Crippen molar-refractivity contribution in [3.8, 4) is 0 Å². The number of rotatable bonds is 8. The van der Waals surface area contributed by atoms with E-state index in [1.807, 2.05) is 17.8 Å². The molecule has 0 atom stereocenters. The maximum atomic E-state index is 3.76. The van der Waals surface area contributed by atoms with E-state index in [-0.39, 0.29) is 0 Å². The van der Waals surface area contributed by atoms with E-state index in [1.165, 1.54) is 27.4 Å². The zero-order chi connectivity index (χ0) is 14.1. The molecule has 0 saturated heterocycles. The van der Waals surface area contributed by atoms with E-state index in [9.17, 15) is 0 Å². The van der Waals surface area contributed by atoms with E-state index in [1.54, 1.807) is 11.3 Å². The van der Waals surface area contributed by atoms with Gasteiger partial charge in [-0.15, -0.1) is 0 Å². The summed E-state index contributed by atoms with van der Waals surface area (Å²) in [6.45, 7) is 12.2. The Labute approximate surface area is 125 Å². The highest BCUT2D eigenvalue weighted by Crippen LogP contribution is 2.32. The van der Waals surface area contributed by atoms with Gasteiger partial charge in [0.05, 0.1) is 0 Å². The average Bonchev–Trinajstić information content (AvgIpc) is 2.83. The molecule has 0 amide bonds. The number of nitrogens with one attached hydrogen (secondary N) is 1. The minimum atomic E-state index is 0.967. The lowest BCUT2D eigenvalue weighted by Crippen LogP contribution is -2.13. The van der Waals surface area contributed by atoms with Gasteiger partial charge in [-0.05, 0) is 42.7 Å². The summed E-state index contributed by atoms with van der Waals surface area (Å²) < 4.78 is 0. The van der Waals surface area contributed by atoms with Crippen LogP contribution in [0.1, 0.15) is 32.8 Å². The molecule has 3 heteroatoms. The molecule has 0 radical (unpaired) electrons. The average molecular weight is 294 g/mol. The minimum Gasteiger partial charge on any atom is -0.313 e. The Morgan fingerprint density at radius 2 is 2.16 bits per heavy atom. The Hall–Kier alpha value is -0.770. The molecule has 0 fully saturated rings. The molecule has 19 heavy (non-hydrogen) atoms. The van der Waals surface area contributed by atoms with Crippen LogP contribution in [0.4, 0.5) is 0 Å². The smallest absolute Gasteiger partial charge is 0.0271 e. The molecule has 0 unspecified atom stereocenters. The Morgan fingerprint density at radius 3 is 2.84 bits per heavy atom. The highest BCUT2D eigenvalue weighted by molar-refractivity contribution is 8.03. The van der Waals surface area contributed by atoms with Crippen molar-refractivity contribution in [2.24, 2.45) is 0 Å². The zero-order valence-corrected chi connectivity index (χ0v) is 13.7. The second-order valence-electron chi connectivity index (χ2n) is 4.43. The van der Waals surface area contributed by atoms with E-state index >= 15 is 0 Å². The highest BCUT2D eigenvalue weighted by Gasteiger charge is 2.04. The Kier molecular flexibility index (Phi) is 7.87. The van der Waals surface area contributed by atoms with Gasteiger partial charge < -0.3 is 5.32 Å². The number of thiophene rings is 1. The van der Waals surface area contributed by atoms with E-state index in [0.29, 0.717) is 0 Å². The van der Waals surface area contributed by atoms with Crippen LogP contribution in [-0.2, 0) is 6.54 Å². The maximum absolute atomic E-state index is 3.76. The number of hydrogen-bond donors (Lipinski definition) is 1. The molecule has 1 aromatic heterocycles. The molecule has 0 spiro atoms. The van der Waals surface area contributed by atoms with E-state index in [2.05, 4.69) is 55.6 Å². The van der Waals surface area contributed by atoms with Crippen LogP contribution in [0.2, 0.25) is 0 Å². The molecular formula is C16H23NS2. The standard InChI is InChI=1S/C16H23NS2/c1-5-9-17-10-15-11-18-12-16(15)19-14(4)8-7-13(3)6-2/h6-8,11-12,17H,2,5,9-10H2,1,3-4H3/b13-7-,14-8+. The van der Waals surface area contributed by atoms with Gasteiger partial charge in [-0.3, -0.25) is 0 Å². The lowest BCUT2D eigenvalue weighted by Gasteiger charge is -2.05. The zero-order valence-electron chi connectivity index (χ0n) is 12.0. The fourth-order valence-electron chi connectivity index (χ4n) is 1.45. The van der Waals surface area contributed by atoms with Crippen LogP contribution < -0.4 is 5.32 Å². The molecule has 1 aromatic rings. The van der Waals surface area contributed by atoms with Gasteiger partial charge >= 0.3 is 0 Å². The van der Waals surface area contributed by atoms with Crippen LogP contribution in [0.15, 0.2) is 50.9 Å². The molecule has 0 saturated carbocycles. The van der Waals surface area contributed by atoms with E-state index in [0.717, 1.165) is 13.1 Å². The normalized spacial score (nSPS) is 12.8. The lowest BCUT2D eigenvalue weighted by atomic mass is 10.3. The van der Waals surface area contributed by atoms with Crippen molar-refractivity contribution in [1.29, 1.82) is 0 Å². The molecule has 0 aromatic carbocycles. The van der Waals surface area contributed by atoms with Crippen molar-refractivity contribution < 1.29 is 0 Å². The summed E-state index contributed by atoms with van der Waals surface area (Å²) in [6.07, 6.45) is 7.32. The predicted molar refractivity (Wildman–Crippen MR) is 89.9 cm³/mol. The summed E-state index contributed by atoms with van der Waals surface area (Å²) in [5.41, 5.74) is 2.59. The van der Waals surface area contributed by atoms with Gasteiger partial charge in [0.25, 0.3) is 0 Å². The molecule has 1 heterocycles. The lowest BCUT2D eigenvalue weighted by molar-refractivity contribution is 0.671. The summed E-state index contributed by atoms with van der Waals surface area (Å²) in [5, 5.41) is 7.93. The number of thioether (sulfide) groups is 1. The third kappa shape index (κ3) is 6.28. The third-order valence-corrected chi connectivity index (χ3v) is 4.62. The molecule has 0 bridgehead atoms. The minimum absolute atomic E-state index is 0.967. The van der Waals surface area contributed by atoms with Gasteiger partial charge in [-0.1, -0.05) is 49.1 Å². The van der Waals surface area contributed by atoms with Gasteiger partial charge in [-0.2, -0.15) is 11.3 Å². The van der Waals surface area contributed by atoms with Gasteiger partial charge in [0, 0.05) is 16.8 Å². The largest absolute Gasteiger partial charge is 0.313 e. The van der Waals surface area contributed by atoms with Crippen LogP contribution in [0, 0.1) is 0 Å². The molecule has 104 valence electrons. The topological polar surface area (TPSA) is 12.0 Å². The van der Waals surface area contributed by atoms with Gasteiger partial charge in [-0.25, -0.2) is 0 Å². The van der Waals surface area contributed by atoms with E-state index in [4.69, 9.17) is 0 Å². The second-order valence-corrected chi connectivity index (χ2v) is 6.46. The Balaban J connectivity index is 2.61. The molecule has 1 rings (SSSR count). The first-order valence-electron chi connectivity index (χ1n) is 6.58. The third-order valence-electron chi connectivity index (χ3n) is 2.62. The predicted octanol–water partition coefficient (Wildman–Crippen LogP) is 5.38. The van der Waals surface area contributed by atoms with E-state index < -0.39 is 0 Å². The molecule has 0 aliphatic rings. The van der Waals surface area contributed by atoms with Crippen molar-refractivity contribution >= 4 is 23.1 Å². The van der Waals surface area contributed by atoms with Crippen LogP contribution in [0.3, 0.4) is 0 Å². The maximum Gasteiger partial charge on any atom is 0.0271 e. The SMILES string of the molecule is C=C/C(C)=C\C=C(/C)Sc1cscc1CNCCC. The molecular weight excluding hydrogens is 270 g/mol. The summed E-state index contributed by atoms with van der Waals surface area (Å²) in [4.78, 5) is 2.67. The molecule has 0 aliphatic heterocycles. The fraction of sp³-hybridized carbons (Fsp3) is 0.375. The van der Waals surface area contributed by atoms with Crippen LogP contribution in [0.5, 0.6) is 0 Å². The fourth-order valence-corrected chi connectivity index (χ4v) is 3.35. The Morgan fingerprint density at radius 1 is 1.37 bits per heavy atom. The summed E-state index contributed by atoms with van der Waals surface area (Å²) >= 11 is 3.62. The molecule has 1 nitrogen and oxygen atoms in total. The van der Waals surface area contributed by atoms with Crippen molar-refractivity contribution in [2.45, 2.75) is 38.6 Å². The van der Waals surface area contributed by atoms with Crippen molar-refractivity contribution in [3.05, 3.63) is 51.6 Å². The molecule has 0 aliphatic carbocycles. The van der Waals surface area contributed by atoms with Crippen LogP contribution >= 0.6 is 23.1 Å². The van der Waals surface area contributed by atoms with Crippen molar-refractivity contribution in [1.82, 2.24) is 5.32 Å². The van der Waals surface area contributed by atoms with Gasteiger partial charge in [0.2, 0.25) is 0 Å². The first-order valence-corrected chi connectivity index (χ1v) is 8.34. The second kappa shape index (κ2) is 9.18. The van der Waals surface area contributed by atoms with Crippen molar-refractivity contribution in [2.75, 3.05) is 6.54 Å². The van der Waals surface area contributed by atoms with Crippen LogP contribution in [-0.4, -0.2) is 6.54 Å². The Bertz CT molecular complexity index is 455. The summed E-state index contributed by atoms with van der Waals surface area (Å²) in [5.74, 6) is 0. The monoisotopic (exact) mass is 293 g/mol. The first kappa shape index (κ1) is 16.3. The number of allylic oxidation sites excluding steroid dienone is 5. The first-order chi connectivity index (χ1) is 9.17. The van der Waals surface area contributed by atoms with Crippen molar-refractivity contribution in [3.63, 3.8) is 0 Å². The summed E-state index contributed by atoms with van der Waals surface area (Å²) in [7, 11) is 0. The quantitative estimate of drug-likeness (QED) is 0.392. The number of hydrogen-bond acceptors (Lipinski definition) is 3. The molecule has 1 N–H and O–H groups in total. The highest BCUT2D eigenvalue weighted by atomic mass is 32.2. The summed E-state index contributed by atoms with van der Waals surface area (Å²) in [6, 6.07) is 0. The van der Waals surface area contributed by atoms with Gasteiger partial charge in [0.1, 0.15) is 0 Å². The van der Waals surface area contributed by atoms with Gasteiger partial charge in [0.15, 0.2) is 0 Å². The van der Waals surface area contributed by atoms with Crippen LogP contribution in [0.25, 0.3) is 0 Å².